The number of hydrogen-bond acceptors (Lipinski definition) is 4. The molecule has 0 unspecified atom stereocenters. The Hall–Kier alpha value is -2.34. The molecule has 5 nitrogen and oxygen atoms in total. The molecule has 9 heteroatoms. The number of thiophene rings is 1. The predicted octanol–water partition coefficient (Wildman–Crippen LogP) is 4.14. The third kappa shape index (κ3) is 3.33. The average Bonchev–Trinajstić information content (AvgIpc) is 3.13. The zero-order valence-electron chi connectivity index (χ0n) is 14.3. The average molecular weight is 382 g/mol. The third-order valence-electron chi connectivity index (χ3n) is 4.69. The fraction of sp³-hybridized carbons (Fsp3) is 0.471. The maximum atomic E-state index is 12.8. The Morgan fingerprint density at radius 1 is 1.54 bits per heavy atom. The first-order valence-corrected chi connectivity index (χ1v) is 9.03. The van der Waals surface area contributed by atoms with Crippen LogP contribution in [0.1, 0.15) is 52.0 Å². The fourth-order valence-electron chi connectivity index (χ4n) is 3.19. The van der Waals surface area contributed by atoms with E-state index in [1.165, 1.54) is 18.4 Å². The number of halogens is 3. The Morgan fingerprint density at radius 2 is 2.27 bits per heavy atom. The van der Waals surface area contributed by atoms with E-state index in [2.05, 4.69) is 23.4 Å². The van der Waals surface area contributed by atoms with Gasteiger partial charge in [-0.1, -0.05) is 13.3 Å². The van der Waals surface area contributed by atoms with Crippen molar-refractivity contribution in [3.63, 3.8) is 0 Å². The van der Waals surface area contributed by atoms with Gasteiger partial charge in [0.25, 0.3) is 5.91 Å². The van der Waals surface area contributed by atoms with Crippen LogP contribution in [0, 0.1) is 17.2 Å². The molecule has 2 aromatic heterocycles. The fourth-order valence-corrected chi connectivity index (χ4v) is 4.50. The van der Waals surface area contributed by atoms with Gasteiger partial charge in [0.2, 0.25) is 0 Å². The number of nitrogens with zero attached hydrogens (tertiary/aromatic N) is 3. The van der Waals surface area contributed by atoms with Crippen molar-refractivity contribution in [2.24, 2.45) is 13.0 Å². The molecule has 1 atom stereocenters. The van der Waals surface area contributed by atoms with Crippen LogP contribution >= 0.6 is 11.3 Å². The standard InChI is InChI=1S/C17H17F3N4OS/c1-3-9-4-5-10-11(8-21)16(26-13(10)6-9)22-15(25)12-7-14(17(18,19)20)23-24(12)2/h7,9H,3-6H2,1-2H3,(H,22,25)/t9-/m1/s1. The monoisotopic (exact) mass is 382 g/mol. The lowest BCUT2D eigenvalue weighted by molar-refractivity contribution is -0.141. The molecule has 0 saturated carbocycles. The minimum Gasteiger partial charge on any atom is -0.311 e. The topological polar surface area (TPSA) is 70.7 Å². The van der Waals surface area contributed by atoms with Gasteiger partial charge in [0.05, 0.1) is 5.56 Å². The predicted molar refractivity (Wildman–Crippen MR) is 91.0 cm³/mol. The van der Waals surface area contributed by atoms with Crippen molar-refractivity contribution in [2.75, 3.05) is 5.32 Å². The lowest BCUT2D eigenvalue weighted by Crippen LogP contribution is -2.16. The Labute approximate surface area is 152 Å². The Morgan fingerprint density at radius 3 is 2.85 bits per heavy atom. The number of carbonyl (C=O) groups is 1. The van der Waals surface area contributed by atoms with Gasteiger partial charge < -0.3 is 5.32 Å². The summed E-state index contributed by atoms with van der Waals surface area (Å²) in [5.41, 5.74) is 0.0468. The van der Waals surface area contributed by atoms with E-state index in [-0.39, 0.29) is 5.69 Å². The van der Waals surface area contributed by atoms with E-state index in [0.29, 0.717) is 22.5 Å². The number of rotatable bonds is 3. The number of nitriles is 1. The number of nitrogens with one attached hydrogen (secondary N) is 1. The summed E-state index contributed by atoms with van der Waals surface area (Å²) in [6.07, 6.45) is -0.918. The van der Waals surface area contributed by atoms with Crippen molar-refractivity contribution < 1.29 is 18.0 Å². The van der Waals surface area contributed by atoms with Crippen LogP contribution in [-0.4, -0.2) is 15.7 Å². The molecule has 1 aliphatic rings. The van der Waals surface area contributed by atoms with Crippen LogP contribution < -0.4 is 5.32 Å². The smallest absolute Gasteiger partial charge is 0.311 e. The highest BCUT2D eigenvalue weighted by Gasteiger charge is 2.35. The van der Waals surface area contributed by atoms with Gasteiger partial charge in [-0.05, 0) is 30.7 Å². The molecule has 0 bridgehead atoms. The lowest BCUT2D eigenvalue weighted by Gasteiger charge is -2.20. The second kappa shape index (κ2) is 6.76. The summed E-state index contributed by atoms with van der Waals surface area (Å²) in [7, 11) is 1.28. The second-order valence-corrected chi connectivity index (χ2v) is 7.43. The first kappa shape index (κ1) is 18.5. The van der Waals surface area contributed by atoms with Gasteiger partial charge in [0.1, 0.15) is 16.8 Å². The van der Waals surface area contributed by atoms with Gasteiger partial charge in [0, 0.05) is 18.0 Å². The zero-order chi connectivity index (χ0) is 19.1. The number of alkyl halides is 3. The summed E-state index contributed by atoms with van der Waals surface area (Å²) < 4.78 is 39.2. The molecule has 0 spiro atoms. The highest BCUT2D eigenvalue weighted by molar-refractivity contribution is 7.16. The van der Waals surface area contributed by atoms with E-state index in [0.717, 1.165) is 40.8 Å². The number of amides is 1. The number of carbonyl (C=O) groups excluding carboxylic acids is 1. The summed E-state index contributed by atoms with van der Waals surface area (Å²) in [5, 5.41) is 15.8. The van der Waals surface area contributed by atoms with E-state index >= 15 is 0 Å². The molecule has 0 aliphatic heterocycles. The summed E-state index contributed by atoms with van der Waals surface area (Å²) in [6, 6.07) is 2.84. The molecule has 0 aromatic carbocycles. The van der Waals surface area contributed by atoms with Gasteiger partial charge in [-0.25, -0.2) is 0 Å². The van der Waals surface area contributed by atoms with E-state index in [4.69, 9.17) is 0 Å². The Bertz CT molecular complexity index is 891. The summed E-state index contributed by atoms with van der Waals surface area (Å²) in [4.78, 5) is 13.5. The first-order chi connectivity index (χ1) is 12.2. The van der Waals surface area contributed by atoms with Crippen molar-refractivity contribution in [3.05, 3.63) is 33.5 Å². The van der Waals surface area contributed by atoms with E-state index in [1.54, 1.807) is 0 Å². The highest BCUT2D eigenvalue weighted by Crippen LogP contribution is 2.40. The minimum atomic E-state index is -4.62. The first-order valence-electron chi connectivity index (χ1n) is 8.21. The quantitative estimate of drug-likeness (QED) is 0.867. The molecule has 26 heavy (non-hydrogen) atoms. The largest absolute Gasteiger partial charge is 0.435 e. The summed E-state index contributed by atoms with van der Waals surface area (Å²) in [6.45, 7) is 2.12. The van der Waals surface area contributed by atoms with Crippen LogP contribution in [0.4, 0.5) is 18.2 Å². The van der Waals surface area contributed by atoms with Gasteiger partial charge in [0.15, 0.2) is 5.69 Å². The number of anilines is 1. The maximum Gasteiger partial charge on any atom is 0.435 e. The van der Waals surface area contributed by atoms with Crippen LogP contribution in [0.2, 0.25) is 0 Å². The van der Waals surface area contributed by atoms with Gasteiger partial charge in [-0.15, -0.1) is 11.3 Å². The molecule has 0 fully saturated rings. The molecular weight excluding hydrogens is 365 g/mol. The molecule has 138 valence electrons. The second-order valence-electron chi connectivity index (χ2n) is 6.33. The lowest BCUT2D eigenvalue weighted by atomic mass is 9.86. The van der Waals surface area contributed by atoms with Crippen LogP contribution in [0.25, 0.3) is 0 Å². The normalized spacial score (nSPS) is 16.8. The molecule has 2 aromatic rings. The van der Waals surface area contributed by atoms with Crippen LogP contribution in [0.3, 0.4) is 0 Å². The molecule has 2 heterocycles. The summed E-state index contributed by atoms with van der Waals surface area (Å²) >= 11 is 1.34. The molecule has 0 saturated heterocycles. The minimum absolute atomic E-state index is 0.209. The van der Waals surface area contributed by atoms with Crippen LogP contribution in [-0.2, 0) is 26.1 Å². The molecule has 1 amide bonds. The SMILES string of the molecule is CC[C@@H]1CCc2c(sc(NC(=O)c3cc(C(F)(F)F)nn3C)c2C#N)C1. The number of fused-ring (bicyclic) bond motifs is 1. The van der Waals surface area contributed by atoms with Crippen molar-refractivity contribution >= 4 is 22.2 Å². The number of aryl methyl sites for hydroxylation is 1. The van der Waals surface area contributed by atoms with E-state index in [1.807, 2.05) is 0 Å². The Kier molecular flexibility index (Phi) is 4.80. The third-order valence-corrected chi connectivity index (χ3v) is 5.86. The van der Waals surface area contributed by atoms with Crippen molar-refractivity contribution in [1.29, 1.82) is 5.26 Å². The van der Waals surface area contributed by atoms with E-state index in [9.17, 15) is 23.2 Å². The maximum absolute atomic E-state index is 12.8. The number of hydrogen-bond donors (Lipinski definition) is 1. The molecule has 3 rings (SSSR count). The van der Waals surface area contributed by atoms with Crippen LogP contribution in [0.5, 0.6) is 0 Å². The highest BCUT2D eigenvalue weighted by atomic mass is 32.1. The van der Waals surface area contributed by atoms with Crippen molar-refractivity contribution in [3.8, 4) is 6.07 Å². The zero-order valence-corrected chi connectivity index (χ0v) is 15.1. The van der Waals surface area contributed by atoms with Crippen molar-refractivity contribution in [1.82, 2.24) is 9.78 Å². The molecule has 1 N–H and O–H groups in total. The van der Waals surface area contributed by atoms with Gasteiger partial charge in [-0.2, -0.15) is 23.5 Å². The molecule has 0 radical (unpaired) electrons. The van der Waals surface area contributed by atoms with Gasteiger partial charge in [-0.3, -0.25) is 9.48 Å². The van der Waals surface area contributed by atoms with Crippen molar-refractivity contribution in [2.45, 2.75) is 38.8 Å². The molecule has 1 aliphatic carbocycles. The summed E-state index contributed by atoms with van der Waals surface area (Å²) in [5.74, 6) is -0.152. The number of aromatic nitrogens is 2. The van der Waals surface area contributed by atoms with Gasteiger partial charge >= 0.3 is 6.18 Å². The molecular formula is C17H17F3N4OS. The van der Waals surface area contributed by atoms with Crippen LogP contribution in [0.15, 0.2) is 6.07 Å². The van der Waals surface area contributed by atoms with E-state index < -0.39 is 17.8 Å². The Balaban J connectivity index is 1.88.